The van der Waals surface area contributed by atoms with Crippen LogP contribution in [-0.4, -0.2) is 45.6 Å². The lowest BCUT2D eigenvalue weighted by molar-refractivity contribution is 0.164. The van der Waals surface area contributed by atoms with Gasteiger partial charge < -0.3 is 9.84 Å². The summed E-state index contributed by atoms with van der Waals surface area (Å²) >= 11 is 0. The minimum atomic E-state index is -3.24. The molecule has 0 bridgehead atoms. The molecule has 0 saturated heterocycles. The highest BCUT2D eigenvalue weighted by Gasteiger charge is 2.27. The van der Waals surface area contributed by atoms with Crippen molar-refractivity contribution in [3.8, 4) is 0 Å². The van der Waals surface area contributed by atoms with Gasteiger partial charge in [-0.15, -0.1) is 0 Å². The summed E-state index contributed by atoms with van der Waals surface area (Å²) in [7, 11) is -1.68. The van der Waals surface area contributed by atoms with Gasteiger partial charge in [-0.1, -0.05) is 12.8 Å². The molecule has 5 nitrogen and oxygen atoms in total. The van der Waals surface area contributed by atoms with Gasteiger partial charge in [0, 0.05) is 26.4 Å². The van der Waals surface area contributed by atoms with Gasteiger partial charge in [-0.05, 0) is 25.2 Å². The molecule has 0 aliphatic heterocycles. The van der Waals surface area contributed by atoms with Gasteiger partial charge in [0.25, 0.3) is 0 Å². The van der Waals surface area contributed by atoms with Crippen LogP contribution in [0.25, 0.3) is 0 Å². The first-order valence-electron chi connectivity index (χ1n) is 6.19. The number of methoxy groups -OCH3 is 1. The number of hydrogen-bond donors (Lipinski definition) is 2. The van der Waals surface area contributed by atoms with E-state index in [1.165, 1.54) is 0 Å². The van der Waals surface area contributed by atoms with E-state index in [0.717, 1.165) is 25.7 Å². The number of ether oxygens (including phenoxy) is 1. The van der Waals surface area contributed by atoms with Gasteiger partial charge in [-0.25, -0.2) is 13.1 Å². The predicted octanol–water partition coefficient (Wildman–Crippen LogP) is 0.493. The first-order chi connectivity index (χ1) is 8.09. The van der Waals surface area contributed by atoms with Crippen LogP contribution in [0.5, 0.6) is 0 Å². The van der Waals surface area contributed by atoms with E-state index in [1.807, 2.05) is 0 Å². The molecule has 0 amide bonds. The van der Waals surface area contributed by atoms with Gasteiger partial charge >= 0.3 is 0 Å². The second-order valence-corrected chi connectivity index (χ2v) is 6.49. The molecule has 2 unspecified atom stereocenters. The fraction of sp³-hybridized carbons (Fsp3) is 1.00. The van der Waals surface area contributed by atoms with Crippen molar-refractivity contribution in [3.05, 3.63) is 0 Å². The number of nitrogens with one attached hydrogen (secondary N) is 1. The molecule has 1 fully saturated rings. The molecule has 6 heteroatoms. The smallest absolute Gasteiger partial charge is 0.211 e. The van der Waals surface area contributed by atoms with E-state index in [1.54, 1.807) is 7.11 Å². The summed E-state index contributed by atoms with van der Waals surface area (Å²) in [5.41, 5.74) is 0. The third kappa shape index (κ3) is 5.33. The summed E-state index contributed by atoms with van der Waals surface area (Å²) in [4.78, 5) is 0. The van der Waals surface area contributed by atoms with Gasteiger partial charge in [0.2, 0.25) is 10.0 Å². The Kier molecular flexibility index (Phi) is 6.40. The molecular weight excluding hydrogens is 242 g/mol. The van der Waals surface area contributed by atoms with Crippen molar-refractivity contribution >= 4 is 10.0 Å². The van der Waals surface area contributed by atoms with Gasteiger partial charge in [-0.2, -0.15) is 0 Å². The Labute approximate surface area is 104 Å². The summed E-state index contributed by atoms with van der Waals surface area (Å²) in [6.45, 7) is 0.514. The molecule has 0 aromatic rings. The summed E-state index contributed by atoms with van der Waals surface area (Å²) < 4.78 is 31.1. The topological polar surface area (TPSA) is 75.6 Å². The second-order valence-electron chi connectivity index (χ2n) is 4.62. The molecule has 2 atom stereocenters. The molecule has 0 radical (unpaired) electrons. The molecule has 0 aromatic heterocycles. The summed E-state index contributed by atoms with van der Waals surface area (Å²) in [6, 6.07) is -0.0960. The van der Waals surface area contributed by atoms with Crippen molar-refractivity contribution in [2.24, 2.45) is 5.92 Å². The zero-order valence-electron chi connectivity index (χ0n) is 10.4. The van der Waals surface area contributed by atoms with E-state index >= 15 is 0 Å². The highest BCUT2D eigenvalue weighted by Crippen LogP contribution is 2.24. The molecule has 1 aliphatic carbocycles. The zero-order valence-corrected chi connectivity index (χ0v) is 11.2. The third-order valence-corrected chi connectivity index (χ3v) is 4.72. The van der Waals surface area contributed by atoms with E-state index in [4.69, 9.17) is 4.74 Å². The molecule has 0 aromatic carbocycles. The van der Waals surface area contributed by atoms with E-state index < -0.39 is 10.0 Å². The lowest BCUT2D eigenvalue weighted by Crippen LogP contribution is -2.44. The standard InChI is InChI=1S/C11H23NO4S/c1-16-7-4-8-17(14,15)12-11-6-3-2-5-10(11)9-13/h10-13H,2-9H2,1H3. The SMILES string of the molecule is COCCCS(=O)(=O)NC1CCCCC1CO. The molecule has 17 heavy (non-hydrogen) atoms. The predicted molar refractivity (Wildman–Crippen MR) is 66.2 cm³/mol. The summed E-state index contributed by atoms with van der Waals surface area (Å²) in [5.74, 6) is 0.163. The van der Waals surface area contributed by atoms with Crippen molar-refractivity contribution in [2.75, 3.05) is 26.1 Å². The van der Waals surface area contributed by atoms with E-state index in [2.05, 4.69) is 4.72 Å². The van der Waals surface area contributed by atoms with Gasteiger partial charge in [0.1, 0.15) is 0 Å². The van der Waals surface area contributed by atoms with Crippen molar-refractivity contribution in [2.45, 2.75) is 38.1 Å². The van der Waals surface area contributed by atoms with Gasteiger partial charge in [0.05, 0.1) is 5.75 Å². The Bertz CT molecular complexity index is 305. The Morgan fingerprint density at radius 2 is 2.06 bits per heavy atom. The van der Waals surface area contributed by atoms with Crippen molar-refractivity contribution in [1.82, 2.24) is 4.72 Å². The van der Waals surface area contributed by atoms with Crippen LogP contribution in [0.3, 0.4) is 0 Å². The van der Waals surface area contributed by atoms with Crippen LogP contribution in [0.4, 0.5) is 0 Å². The first kappa shape index (κ1) is 14.9. The fourth-order valence-corrected chi connectivity index (χ4v) is 3.65. The van der Waals surface area contributed by atoms with Crippen LogP contribution < -0.4 is 4.72 Å². The average molecular weight is 265 g/mol. The van der Waals surface area contributed by atoms with Crippen LogP contribution in [0.2, 0.25) is 0 Å². The molecule has 0 heterocycles. The Morgan fingerprint density at radius 1 is 1.35 bits per heavy atom. The number of aliphatic hydroxyl groups is 1. The number of aliphatic hydroxyl groups excluding tert-OH is 1. The van der Waals surface area contributed by atoms with E-state index in [-0.39, 0.29) is 24.3 Å². The molecule has 1 saturated carbocycles. The number of sulfonamides is 1. The maximum absolute atomic E-state index is 11.8. The van der Waals surface area contributed by atoms with Crippen LogP contribution in [-0.2, 0) is 14.8 Å². The van der Waals surface area contributed by atoms with Gasteiger partial charge in [-0.3, -0.25) is 0 Å². The monoisotopic (exact) mass is 265 g/mol. The quantitative estimate of drug-likeness (QED) is 0.657. The van der Waals surface area contributed by atoms with Crippen molar-refractivity contribution in [3.63, 3.8) is 0 Å². The average Bonchev–Trinajstić information content (AvgIpc) is 2.29. The zero-order chi connectivity index (χ0) is 12.7. The van der Waals surface area contributed by atoms with Crippen molar-refractivity contribution in [1.29, 1.82) is 0 Å². The lowest BCUT2D eigenvalue weighted by Gasteiger charge is -2.30. The van der Waals surface area contributed by atoms with Crippen LogP contribution in [0.15, 0.2) is 0 Å². The maximum atomic E-state index is 11.8. The largest absolute Gasteiger partial charge is 0.396 e. The Hall–Kier alpha value is -0.170. The second kappa shape index (κ2) is 7.31. The summed E-state index contributed by atoms with van der Waals surface area (Å²) in [6.07, 6.45) is 4.34. The fourth-order valence-electron chi connectivity index (χ4n) is 2.26. The van der Waals surface area contributed by atoms with E-state index in [0.29, 0.717) is 13.0 Å². The van der Waals surface area contributed by atoms with Crippen LogP contribution in [0.1, 0.15) is 32.1 Å². The summed E-state index contributed by atoms with van der Waals surface area (Å²) in [5, 5.41) is 9.22. The van der Waals surface area contributed by atoms with Gasteiger partial charge in [0.15, 0.2) is 0 Å². The highest BCUT2D eigenvalue weighted by atomic mass is 32.2. The maximum Gasteiger partial charge on any atom is 0.211 e. The molecule has 2 N–H and O–H groups in total. The highest BCUT2D eigenvalue weighted by molar-refractivity contribution is 7.89. The normalized spacial score (nSPS) is 26.0. The molecule has 1 aliphatic rings. The minimum Gasteiger partial charge on any atom is -0.396 e. The lowest BCUT2D eigenvalue weighted by atomic mass is 9.86. The Morgan fingerprint density at radius 3 is 2.71 bits per heavy atom. The molecule has 102 valence electrons. The third-order valence-electron chi connectivity index (χ3n) is 3.24. The van der Waals surface area contributed by atoms with Crippen LogP contribution >= 0.6 is 0 Å². The van der Waals surface area contributed by atoms with Crippen LogP contribution in [0, 0.1) is 5.92 Å². The van der Waals surface area contributed by atoms with Crippen molar-refractivity contribution < 1.29 is 18.3 Å². The first-order valence-corrected chi connectivity index (χ1v) is 7.84. The molecular formula is C11H23NO4S. The number of hydrogen-bond acceptors (Lipinski definition) is 4. The molecule has 0 spiro atoms. The number of rotatable bonds is 7. The molecule has 1 rings (SSSR count). The van der Waals surface area contributed by atoms with E-state index in [9.17, 15) is 13.5 Å². The minimum absolute atomic E-state index is 0.0608. The Balaban J connectivity index is 2.44.